The number of hydrogen-bond acceptors (Lipinski definition) is 5. The summed E-state index contributed by atoms with van der Waals surface area (Å²) in [5.41, 5.74) is 0.144. The Hall–Kier alpha value is -2.90. The van der Waals surface area contributed by atoms with Crippen molar-refractivity contribution in [1.29, 1.82) is 0 Å². The van der Waals surface area contributed by atoms with E-state index >= 15 is 0 Å². The number of hydrogen-bond donors (Lipinski definition) is 3. The largest absolute Gasteiger partial charge is 0.444 e. The summed E-state index contributed by atoms with van der Waals surface area (Å²) in [6, 6.07) is 6.80. The molecule has 184 valence electrons. The molecule has 3 atom stereocenters. The van der Waals surface area contributed by atoms with Crippen LogP contribution in [-0.2, 0) is 25.5 Å². The number of Topliss-reactive ketones (excluding diaryl/α,β-unsaturated/α-hetero) is 1. The van der Waals surface area contributed by atoms with Crippen molar-refractivity contribution in [3.63, 3.8) is 0 Å². The van der Waals surface area contributed by atoms with Gasteiger partial charge in [0.2, 0.25) is 11.8 Å². The number of ketones is 1. The van der Waals surface area contributed by atoms with E-state index in [4.69, 9.17) is 4.74 Å². The molecule has 1 aromatic rings. The Balaban J connectivity index is 3.01. The number of carbonyl (C=O) groups is 4. The minimum absolute atomic E-state index is 0.0673. The molecule has 0 aliphatic rings. The molecule has 8 nitrogen and oxygen atoms in total. The highest BCUT2D eigenvalue weighted by atomic mass is 16.6. The molecule has 0 unspecified atom stereocenters. The molecule has 0 aliphatic carbocycles. The average molecular weight is 462 g/mol. The molecule has 1 aromatic carbocycles. The van der Waals surface area contributed by atoms with Gasteiger partial charge in [-0.2, -0.15) is 0 Å². The predicted octanol–water partition coefficient (Wildman–Crippen LogP) is 3.14. The molecule has 33 heavy (non-hydrogen) atoms. The van der Waals surface area contributed by atoms with Crippen molar-refractivity contribution in [2.45, 2.75) is 91.5 Å². The molecule has 3 amide bonds. The SMILES string of the molecule is CCCC(=O)[C@H](C)NC(=O)[C@H](Cc1ccccc1)NC(=O)[C@@H](NC(=O)OC(C)(C)C)C(C)C. The van der Waals surface area contributed by atoms with Gasteiger partial charge in [0.1, 0.15) is 17.7 Å². The first kappa shape index (κ1) is 28.1. The van der Waals surface area contributed by atoms with Crippen LogP contribution < -0.4 is 16.0 Å². The number of rotatable bonds is 11. The fourth-order valence-electron chi connectivity index (χ4n) is 3.15. The molecular formula is C25H39N3O5. The van der Waals surface area contributed by atoms with Crippen molar-refractivity contribution in [3.8, 4) is 0 Å². The zero-order chi connectivity index (χ0) is 25.2. The zero-order valence-corrected chi connectivity index (χ0v) is 20.9. The number of nitrogens with one attached hydrogen (secondary N) is 3. The van der Waals surface area contributed by atoms with Gasteiger partial charge in [0, 0.05) is 12.8 Å². The number of carbonyl (C=O) groups excluding carboxylic acids is 4. The van der Waals surface area contributed by atoms with Crippen molar-refractivity contribution in [3.05, 3.63) is 35.9 Å². The lowest BCUT2D eigenvalue weighted by atomic mass is 10.0. The summed E-state index contributed by atoms with van der Waals surface area (Å²) in [5.74, 6) is -1.27. The van der Waals surface area contributed by atoms with Crippen LogP contribution in [0.3, 0.4) is 0 Å². The molecule has 1 rings (SSSR count). The van der Waals surface area contributed by atoms with Gasteiger partial charge >= 0.3 is 6.09 Å². The van der Waals surface area contributed by atoms with E-state index in [1.165, 1.54) is 0 Å². The molecule has 0 saturated heterocycles. The van der Waals surface area contributed by atoms with E-state index < -0.39 is 41.6 Å². The topological polar surface area (TPSA) is 114 Å². The smallest absolute Gasteiger partial charge is 0.408 e. The fourth-order valence-corrected chi connectivity index (χ4v) is 3.15. The van der Waals surface area contributed by atoms with Crippen LogP contribution in [0.5, 0.6) is 0 Å². The minimum atomic E-state index is -0.918. The van der Waals surface area contributed by atoms with Crippen molar-refractivity contribution in [2.24, 2.45) is 5.92 Å². The number of ether oxygens (including phenoxy) is 1. The van der Waals surface area contributed by atoms with Crippen LogP contribution in [0.2, 0.25) is 0 Å². The van der Waals surface area contributed by atoms with Gasteiger partial charge < -0.3 is 20.7 Å². The van der Waals surface area contributed by atoms with Crippen LogP contribution in [0.25, 0.3) is 0 Å². The van der Waals surface area contributed by atoms with Crippen LogP contribution in [-0.4, -0.2) is 47.4 Å². The maximum Gasteiger partial charge on any atom is 0.408 e. The van der Waals surface area contributed by atoms with E-state index in [2.05, 4.69) is 16.0 Å². The fraction of sp³-hybridized carbons (Fsp3) is 0.600. The molecule has 3 N–H and O–H groups in total. The van der Waals surface area contributed by atoms with Crippen LogP contribution in [0, 0.1) is 5.92 Å². The second kappa shape index (κ2) is 13.0. The molecule has 0 bridgehead atoms. The van der Waals surface area contributed by atoms with Crippen LogP contribution in [0.4, 0.5) is 4.79 Å². The van der Waals surface area contributed by atoms with Gasteiger partial charge in [0.05, 0.1) is 6.04 Å². The Kier molecular flexibility index (Phi) is 11.1. The lowest BCUT2D eigenvalue weighted by molar-refractivity contribution is -0.132. The molecule has 0 saturated carbocycles. The Labute approximate surface area is 197 Å². The van der Waals surface area contributed by atoms with Gasteiger partial charge in [-0.1, -0.05) is 51.1 Å². The number of alkyl carbamates (subject to hydrolysis) is 1. The molecule has 0 aliphatic heterocycles. The lowest BCUT2D eigenvalue weighted by Crippen LogP contribution is -2.57. The molecule has 0 radical (unpaired) electrons. The number of amides is 3. The third-order valence-electron chi connectivity index (χ3n) is 4.88. The van der Waals surface area contributed by atoms with E-state index in [1.807, 2.05) is 37.3 Å². The summed E-state index contributed by atoms with van der Waals surface area (Å²) in [6.07, 6.45) is 0.589. The van der Waals surface area contributed by atoms with Crippen LogP contribution in [0.15, 0.2) is 30.3 Å². The average Bonchev–Trinajstić information content (AvgIpc) is 2.70. The Bertz CT molecular complexity index is 802. The van der Waals surface area contributed by atoms with E-state index in [0.29, 0.717) is 12.8 Å². The maximum atomic E-state index is 13.1. The molecule has 0 fully saturated rings. The summed E-state index contributed by atoms with van der Waals surface area (Å²) < 4.78 is 5.27. The van der Waals surface area contributed by atoms with Gasteiger partial charge in [-0.3, -0.25) is 14.4 Å². The van der Waals surface area contributed by atoms with Crippen molar-refractivity contribution in [1.82, 2.24) is 16.0 Å². The van der Waals surface area contributed by atoms with Crippen molar-refractivity contribution >= 4 is 23.7 Å². The summed E-state index contributed by atoms with van der Waals surface area (Å²) in [5, 5.41) is 8.07. The first-order valence-corrected chi connectivity index (χ1v) is 11.5. The van der Waals surface area contributed by atoms with Gasteiger partial charge in [0.15, 0.2) is 5.78 Å². The van der Waals surface area contributed by atoms with E-state index in [9.17, 15) is 19.2 Å². The highest BCUT2D eigenvalue weighted by Crippen LogP contribution is 2.10. The summed E-state index contributed by atoms with van der Waals surface area (Å²) in [4.78, 5) is 50.5. The first-order valence-electron chi connectivity index (χ1n) is 11.5. The predicted molar refractivity (Wildman–Crippen MR) is 128 cm³/mol. The normalized spacial score (nSPS) is 14.1. The maximum absolute atomic E-state index is 13.1. The van der Waals surface area contributed by atoms with Crippen molar-refractivity contribution < 1.29 is 23.9 Å². The number of benzene rings is 1. The Morgan fingerprint density at radius 2 is 1.52 bits per heavy atom. The van der Waals surface area contributed by atoms with E-state index in [0.717, 1.165) is 5.56 Å². The highest BCUT2D eigenvalue weighted by molar-refractivity contribution is 5.94. The van der Waals surface area contributed by atoms with Gasteiger partial charge in [-0.25, -0.2) is 4.79 Å². The summed E-state index contributed by atoms with van der Waals surface area (Å²) in [7, 11) is 0. The summed E-state index contributed by atoms with van der Waals surface area (Å²) >= 11 is 0. The Morgan fingerprint density at radius 1 is 0.909 bits per heavy atom. The van der Waals surface area contributed by atoms with E-state index in [-0.39, 0.29) is 18.1 Å². The van der Waals surface area contributed by atoms with Crippen LogP contribution in [0.1, 0.15) is 66.9 Å². The quantitative estimate of drug-likeness (QED) is 0.468. The third-order valence-corrected chi connectivity index (χ3v) is 4.88. The molecule has 0 spiro atoms. The third kappa shape index (κ3) is 10.5. The monoisotopic (exact) mass is 461 g/mol. The van der Waals surface area contributed by atoms with Gasteiger partial charge in [-0.15, -0.1) is 0 Å². The second-order valence-electron chi connectivity index (χ2n) is 9.57. The Morgan fingerprint density at radius 3 is 2.03 bits per heavy atom. The zero-order valence-electron chi connectivity index (χ0n) is 20.9. The van der Waals surface area contributed by atoms with Crippen molar-refractivity contribution in [2.75, 3.05) is 0 Å². The van der Waals surface area contributed by atoms with Crippen LogP contribution >= 0.6 is 0 Å². The molecular weight excluding hydrogens is 422 g/mol. The lowest BCUT2D eigenvalue weighted by Gasteiger charge is -2.27. The molecule has 8 heteroatoms. The second-order valence-corrected chi connectivity index (χ2v) is 9.57. The van der Waals surface area contributed by atoms with Gasteiger partial charge in [0.25, 0.3) is 0 Å². The minimum Gasteiger partial charge on any atom is -0.444 e. The molecule has 0 heterocycles. The standard InChI is InChI=1S/C25H39N3O5/c1-8-12-20(29)17(4)26-22(30)19(15-18-13-10-9-11-14-18)27-23(31)21(16(2)3)28-24(32)33-25(5,6)7/h9-11,13-14,16-17,19,21H,8,12,15H2,1-7H3,(H,26,30)(H,27,31)(H,28,32)/t17-,19-,21-/m0/s1. The summed E-state index contributed by atoms with van der Waals surface area (Å²) in [6.45, 7) is 12.3. The van der Waals surface area contributed by atoms with Gasteiger partial charge in [-0.05, 0) is 45.6 Å². The highest BCUT2D eigenvalue weighted by Gasteiger charge is 2.31. The molecule has 0 aromatic heterocycles. The first-order chi connectivity index (χ1) is 15.3. The van der Waals surface area contributed by atoms with E-state index in [1.54, 1.807) is 41.5 Å².